The maximum Gasteiger partial charge on any atom is 0.146 e. The van der Waals surface area contributed by atoms with Gasteiger partial charge in [0.1, 0.15) is 5.82 Å². The zero-order valence-corrected chi connectivity index (χ0v) is 9.11. The van der Waals surface area contributed by atoms with E-state index < -0.39 is 0 Å². The Balaban J connectivity index is 1.93. The highest BCUT2D eigenvalue weighted by atomic mass is 15.3. The molecule has 1 aliphatic rings. The third-order valence-corrected chi connectivity index (χ3v) is 2.74. The monoisotopic (exact) mass is 203 g/mol. The van der Waals surface area contributed by atoms with E-state index in [-0.39, 0.29) is 0 Å². The fraction of sp³-hybridized carbons (Fsp3) is 0.500. The molecule has 1 aromatic heterocycles. The van der Waals surface area contributed by atoms with Crippen molar-refractivity contribution < 1.29 is 0 Å². The SMILES string of the molecule is C[C@@H]1CCC/C(=N/Nc2ccccn2)C1. The minimum Gasteiger partial charge on any atom is -0.261 e. The number of aromatic nitrogens is 1. The summed E-state index contributed by atoms with van der Waals surface area (Å²) in [5, 5.41) is 4.41. The summed E-state index contributed by atoms with van der Waals surface area (Å²) in [6.45, 7) is 2.29. The van der Waals surface area contributed by atoms with E-state index >= 15 is 0 Å². The zero-order valence-electron chi connectivity index (χ0n) is 9.11. The lowest BCUT2D eigenvalue weighted by atomic mass is 9.89. The quantitative estimate of drug-likeness (QED) is 0.750. The van der Waals surface area contributed by atoms with Gasteiger partial charge >= 0.3 is 0 Å². The lowest BCUT2D eigenvalue weighted by Crippen LogP contribution is -2.14. The second kappa shape index (κ2) is 4.91. The Hall–Kier alpha value is -1.38. The van der Waals surface area contributed by atoms with Gasteiger partial charge in [-0.25, -0.2) is 4.98 Å². The van der Waals surface area contributed by atoms with Crippen LogP contribution in [0.5, 0.6) is 0 Å². The summed E-state index contributed by atoms with van der Waals surface area (Å²) in [5.74, 6) is 1.60. The average Bonchev–Trinajstić information content (AvgIpc) is 2.28. The van der Waals surface area contributed by atoms with Gasteiger partial charge in [0.25, 0.3) is 0 Å². The minimum absolute atomic E-state index is 0.781. The van der Waals surface area contributed by atoms with E-state index in [4.69, 9.17) is 0 Å². The van der Waals surface area contributed by atoms with Crippen molar-refractivity contribution in [2.24, 2.45) is 11.0 Å². The first-order chi connectivity index (χ1) is 7.34. The van der Waals surface area contributed by atoms with Crippen LogP contribution in [0.4, 0.5) is 5.82 Å². The van der Waals surface area contributed by atoms with Crippen LogP contribution in [0.3, 0.4) is 0 Å². The first-order valence-corrected chi connectivity index (χ1v) is 5.57. The van der Waals surface area contributed by atoms with Crippen molar-refractivity contribution in [2.75, 3.05) is 5.43 Å². The molecule has 0 saturated heterocycles. The Labute approximate surface area is 90.6 Å². The van der Waals surface area contributed by atoms with Gasteiger partial charge in [-0.05, 0) is 43.7 Å². The van der Waals surface area contributed by atoms with Gasteiger partial charge in [0.2, 0.25) is 0 Å². The second-order valence-electron chi connectivity index (χ2n) is 4.21. The molecule has 1 N–H and O–H groups in total. The van der Waals surface area contributed by atoms with Crippen LogP contribution in [-0.2, 0) is 0 Å². The molecule has 1 fully saturated rings. The predicted molar refractivity (Wildman–Crippen MR) is 62.9 cm³/mol. The molecule has 1 atom stereocenters. The van der Waals surface area contributed by atoms with E-state index in [2.05, 4.69) is 22.4 Å². The van der Waals surface area contributed by atoms with Crippen molar-refractivity contribution in [3.05, 3.63) is 24.4 Å². The summed E-state index contributed by atoms with van der Waals surface area (Å²) in [5.41, 5.74) is 4.29. The smallest absolute Gasteiger partial charge is 0.146 e. The number of nitrogens with one attached hydrogen (secondary N) is 1. The van der Waals surface area contributed by atoms with Gasteiger partial charge < -0.3 is 0 Å². The molecular weight excluding hydrogens is 186 g/mol. The van der Waals surface area contributed by atoms with Crippen molar-refractivity contribution in [3.8, 4) is 0 Å². The van der Waals surface area contributed by atoms with Crippen molar-refractivity contribution in [2.45, 2.75) is 32.6 Å². The van der Waals surface area contributed by atoms with E-state index in [0.29, 0.717) is 0 Å². The molecule has 15 heavy (non-hydrogen) atoms. The molecule has 0 aromatic carbocycles. The molecule has 0 amide bonds. The molecule has 0 bridgehead atoms. The third kappa shape index (κ3) is 3.05. The molecule has 3 heteroatoms. The highest BCUT2D eigenvalue weighted by Crippen LogP contribution is 2.21. The lowest BCUT2D eigenvalue weighted by molar-refractivity contribution is 0.500. The van der Waals surface area contributed by atoms with E-state index in [1.165, 1.54) is 18.6 Å². The maximum absolute atomic E-state index is 4.41. The zero-order chi connectivity index (χ0) is 10.5. The van der Waals surface area contributed by atoms with Gasteiger partial charge in [-0.3, -0.25) is 5.43 Å². The standard InChI is InChI=1S/C12H17N3/c1-10-5-4-6-11(9-10)14-15-12-7-2-3-8-13-12/h2-3,7-8,10H,4-6,9H2,1H3,(H,13,15)/b14-11-/t10-/m1/s1. The molecular formula is C12H17N3. The fourth-order valence-corrected chi connectivity index (χ4v) is 1.93. The molecule has 80 valence electrons. The predicted octanol–water partition coefficient (Wildman–Crippen LogP) is 3.06. The van der Waals surface area contributed by atoms with Crippen LogP contribution < -0.4 is 5.43 Å². The Morgan fingerprint density at radius 3 is 3.13 bits per heavy atom. The van der Waals surface area contributed by atoms with Crippen LogP contribution in [-0.4, -0.2) is 10.7 Å². The van der Waals surface area contributed by atoms with Crippen LogP contribution in [0.1, 0.15) is 32.6 Å². The number of anilines is 1. The van der Waals surface area contributed by atoms with Gasteiger partial charge in [-0.2, -0.15) is 5.10 Å². The third-order valence-electron chi connectivity index (χ3n) is 2.74. The molecule has 1 aromatic rings. The highest BCUT2D eigenvalue weighted by Gasteiger charge is 2.13. The lowest BCUT2D eigenvalue weighted by Gasteiger charge is -2.18. The molecule has 3 nitrogen and oxygen atoms in total. The van der Waals surface area contributed by atoms with Crippen molar-refractivity contribution in [1.82, 2.24) is 4.98 Å². The van der Waals surface area contributed by atoms with Gasteiger partial charge in [-0.1, -0.05) is 13.0 Å². The minimum atomic E-state index is 0.781. The highest BCUT2D eigenvalue weighted by molar-refractivity contribution is 5.85. The van der Waals surface area contributed by atoms with Crippen LogP contribution in [0.25, 0.3) is 0 Å². The summed E-state index contributed by atoms with van der Waals surface area (Å²) in [7, 11) is 0. The van der Waals surface area contributed by atoms with E-state index in [1.807, 2.05) is 18.2 Å². The molecule has 1 saturated carbocycles. The molecule has 0 unspecified atom stereocenters. The van der Waals surface area contributed by atoms with Crippen LogP contribution >= 0.6 is 0 Å². The first-order valence-electron chi connectivity index (χ1n) is 5.57. The van der Waals surface area contributed by atoms with Gasteiger partial charge in [0, 0.05) is 11.9 Å². The number of hydrazone groups is 1. The summed E-state index contributed by atoms with van der Waals surface area (Å²) in [4.78, 5) is 4.16. The Morgan fingerprint density at radius 1 is 1.47 bits per heavy atom. The Morgan fingerprint density at radius 2 is 2.40 bits per heavy atom. The van der Waals surface area contributed by atoms with Gasteiger partial charge in [-0.15, -0.1) is 0 Å². The normalized spacial score (nSPS) is 24.1. The van der Waals surface area contributed by atoms with Crippen molar-refractivity contribution in [1.29, 1.82) is 0 Å². The van der Waals surface area contributed by atoms with E-state index in [9.17, 15) is 0 Å². The van der Waals surface area contributed by atoms with Crippen LogP contribution in [0, 0.1) is 5.92 Å². The number of rotatable bonds is 2. The number of hydrogen-bond donors (Lipinski definition) is 1. The summed E-state index contributed by atoms with van der Waals surface area (Å²) >= 11 is 0. The van der Waals surface area contributed by atoms with Crippen molar-refractivity contribution in [3.63, 3.8) is 0 Å². The molecule has 2 rings (SSSR count). The molecule has 0 aliphatic heterocycles. The summed E-state index contributed by atoms with van der Waals surface area (Å²) in [6.07, 6.45) is 6.63. The van der Waals surface area contributed by atoms with Gasteiger partial charge in [0.15, 0.2) is 0 Å². The first kappa shape index (κ1) is 10.1. The summed E-state index contributed by atoms with van der Waals surface area (Å²) in [6, 6.07) is 5.79. The molecule has 0 spiro atoms. The van der Waals surface area contributed by atoms with Crippen molar-refractivity contribution >= 4 is 11.5 Å². The Bertz CT molecular complexity index is 332. The Kier molecular flexibility index (Phi) is 3.33. The summed E-state index contributed by atoms with van der Waals surface area (Å²) < 4.78 is 0. The van der Waals surface area contributed by atoms with Crippen LogP contribution in [0.15, 0.2) is 29.5 Å². The van der Waals surface area contributed by atoms with Crippen LogP contribution in [0.2, 0.25) is 0 Å². The topological polar surface area (TPSA) is 37.3 Å². The average molecular weight is 203 g/mol. The molecule has 0 radical (unpaired) electrons. The van der Waals surface area contributed by atoms with E-state index in [1.54, 1.807) is 6.20 Å². The maximum atomic E-state index is 4.41. The molecule has 1 aliphatic carbocycles. The fourth-order valence-electron chi connectivity index (χ4n) is 1.93. The second-order valence-corrected chi connectivity index (χ2v) is 4.21. The van der Waals surface area contributed by atoms with E-state index in [0.717, 1.165) is 24.6 Å². The number of hydrogen-bond acceptors (Lipinski definition) is 3. The number of pyridine rings is 1. The van der Waals surface area contributed by atoms with Gasteiger partial charge in [0.05, 0.1) is 0 Å². The number of nitrogens with zero attached hydrogens (tertiary/aromatic N) is 2. The molecule has 1 heterocycles. The largest absolute Gasteiger partial charge is 0.261 e.